The molecule has 1 amide bonds. The number of hydrogen-bond acceptors (Lipinski definition) is 5. The molecule has 8 heteroatoms. The van der Waals surface area contributed by atoms with Crippen LogP contribution in [0.1, 0.15) is 54.9 Å². The number of nitrogens with one attached hydrogen (secondary N) is 2. The Labute approximate surface area is 185 Å². The fourth-order valence-electron chi connectivity index (χ4n) is 4.24. The molecule has 1 unspecified atom stereocenters. The second kappa shape index (κ2) is 9.60. The Hall–Kier alpha value is -2.74. The molecule has 1 aromatic carbocycles. The van der Waals surface area contributed by atoms with E-state index in [4.69, 9.17) is 0 Å². The number of fused-ring (bicyclic) bond motifs is 1. The maximum atomic E-state index is 13.2. The predicted molar refractivity (Wildman–Crippen MR) is 124 cm³/mol. The first-order chi connectivity index (χ1) is 15.1. The van der Waals surface area contributed by atoms with E-state index in [1.165, 1.54) is 19.3 Å². The number of carbonyl (C=O) groups is 1. The maximum absolute atomic E-state index is 13.2. The molecule has 7 nitrogen and oxygen atoms in total. The molecule has 2 heterocycles. The van der Waals surface area contributed by atoms with E-state index in [2.05, 4.69) is 20.7 Å². The van der Waals surface area contributed by atoms with Crippen molar-refractivity contribution in [2.75, 3.05) is 11.6 Å². The van der Waals surface area contributed by atoms with Crippen molar-refractivity contribution in [3.05, 3.63) is 47.8 Å². The second-order valence-electron chi connectivity index (χ2n) is 7.97. The standard InChI is InChI=1S/C23H29N5O2S/c1-3-28-22-18(15-26-28)21(27-17-10-5-4-6-11-17)19(14-24-22)23(29)25-13-16-9-7-8-12-20(16)31(2)30/h7-9,12,14-15,17H,3-6,10-11,13H2,1-2H3,(H,24,27)(H,25,29). The molecule has 0 aliphatic heterocycles. The first-order valence-electron chi connectivity index (χ1n) is 10.9. The van der Waals surface area contributed by atoms with Gasteiger partial charge < -0.3 is 10.6 Å². The Kier molecular flexibility index (Phi) is 6.65. The average Bonchev–Trinajstić information content (AvgIpc) is 3.22. The smallest absolute Gasteiger partial charge is 0.255 e. The third-order valence-electron chi connectivity index (χ3n) is 5.89. The third kappa shape index (κ3) is 4.63. The molecular weight excluding hydrogens is 410 g/mol. The first-order valence-corrected chi connectivity index (χ1v) is 12.4. The molecular formula is C23H29N5O2S. The fourth-order valence-corrected chi connectivity index (χ4v) is 5.02. The van der Waals surface area contributed by atoms with E-state index in [1.54, 1.807) is 18.6 Å². The summed E-state index contributed by atoms with van der Waals surface area (Å²) in [5.74, 6) is -0.200. The number of benzene rings is 1. The van der Waals surface area contributed by atoms with Gasteiger partial charge in [-0.2, -0.15) is 5.10 Å². The van der Waals surface area contributed by atoms with Crippen LogP contribution in [0.3, 0.4) is 0 Å². The molecule has 2 aromatic heterocycles. The lowest BCUT2D eigenvalue weighted by Gasteiger charge is -2.25. The summed E-state index contributed by atoms with van der Waals surface area (Å²) in [5, 5.41) is 11.9. The third-order valence-corrected chi connectivity index (χ3v) is 6.90. The molecule has 1 fully saturated rings. The number of amides is 1. The van der Waals surface area contributed by atoms with E-state index in [1.807, 2.05) is 35.9 Å². The molecule has 2 N–H and O–H groups in total. The number of anilines is 1. The van der Waals surface area contributed by atoms with Gasteiger partial charge in [0, 0.05) is 36.5 Å². The largest absolute Gasteiger partial charge is 0.381 e. The Morgan fingerprint density at radius 1 is 1.19 bits per heavy atom. The molecule has 0 saturated heterocycles. The number of carbonyl (C=O) groups excluding carboxylic acids is 1. The van der Waals surface area contributed by atoms with Crippen molar-refractivity contribution >= 4 is 33.4 Å². The summed E-state index contributed by atoms with van der Waals surface area (Å²) in [4.78, 5) is 18.5. The van der Waals surface area contributed by atoms with E-state index in [0.29, 0.717) is 18.2 Å². The van der Waals surface area contributed by atoms with Gasteiger partial charge in [0.25, 0.3) is 5.91 Å². The van der Waals surface area contributed by atoms with Crippen LogP contribution >= 0.6 is 0 Å². The maximum Gasteiger partial charge on any atom is 0.255 e. The lowest BCUT2D eigenvalue weighted by atomic mass is 9.95. The van der Waals surface area contributed by atoms with Gasteiger partial charge in [-0.15, -0.1) is 0 Å². The van der Waals surface area contributed by atoms with Crippen molar-refractivity contribution in [1.29, 1.82) is 0 Å². The predicted octanol–water partition coefficient (Wildman–Crippen LogP) is 3.86. The molecule has 0 bridgehead atoms. The summed E-state index contributed by atoms with van der Waals surface area (Å²) in [7, 11) is -1.11. The second-order valence-corrected chi connectivity index (χ2v) is 9.32. The zero-order valence-electron chi connectivity index (χ0n) is 18.1. The fraction of sp³-hybridized carbons (Fsp3) is 0.435. The number of aromatic nitrogens is 3. The van der Waals surface area contributed by atoms with Crippen LogP contribution in [0.2, 0.25) is 0 Å². The van der Waals surface area contributed by atoms with Crippen LogP contribution in [0.25, 0.3) is 11.0 Å². The number of nitrogens with zero attached hydrogens (tertiary/aromatic N) is 3. The van der Waals surface area contributed by atoms with Crippen LogP contribution in [0, 0.1) is 0 Å². The van der Waals surface area contributed by atoms with Crippen molar-refractivity contribution in [3.63, 3.8) is 0 Å². The molecule has 1 atom stereocenters. The molecule has 4 rings (SSSR count). The average molecular weight is 440 g/mol. The minimum Gasteiger partial charge on any atom is -0.381 e. The summed E-state index contributed by atoms with van der Waals surface area (Å²) < 4.78 is 13.8. The number of hydrogen-bond donors (Lipinski definition) is 2. The molecule has 1 saturated carbocycles. The summed E-state index contributed by atoms with van der Waals surface area (Å²) in [5.41, 5.74) is 2.96. The first kappa shape index (κ1) is 21.5. The van der Waals surface area contributed by atoms with Gasteiger partial charge in [0.15, 0.2) is 5.65 Å². The number of pyridine rings is 1. The van der Waals surface area contributed by atoms with E-state index in [9.17, 15) is 9.00 Å². The van der Waals surface area contributed by atoms with Crippen LogP contribution in [0.4, 0.5) is 5.69 Å². The highest BCUT2D eigenvalue weighted by atomic mass is 32.2. The summed E-state index contributed by atoms with van der Waals surface area (Å²) in [6, 6.07) is 7.82. The Morgan fingerprint density at radius 2 is 1.97 bits per heavy atom. The summed E-state index contributed by atoms with van der Waals surface area (Å²) in [6.45, 7) is 3.05. The molecule has 0 radical (unpaired) electrons. The van der Waals surface area contributed by atoms with Gasteiger partial charge in [0.05, 0.1) is 33.6 Å². The monoisotopic (exact) mass is 439 g/mol. The van der Waals surface area contributed by atoms with Crippen molar-refractivity contribution in [3.8, 4) is 0 Å². The Bertz CT molecular complexity index is 1100. The highest BCUT2D eigenvalue weighted by Gasteiger charge is 2.22. The van der Waals surface area contributed by atoms with E-state index < -0.39 is 10.8 Å². The van der Waals surface area contributed by atoms with Gasteiger partial charge >= 0.3 is 0 Å². The Balaban J connectivity index is 1.63. The zero-order chi connectivity index (χ0) is 21.8. The molecule has 1 aliphatic carbocycles. The van der Waals surface area contributed by atoms with Crippen molar-refractivity contribution in [2.24, 2.45) is 0 Å². The van der Waals surface area contributed by atoms with Gasteiger partial charge in [-0.1, -0.05) is 37.5 Å². The summed E-state index contributed by atoms with van der Waals surface area (Å²) in [6.07, 6.45) is 11.0. The topological polar surface area (TPSA) is 88.9 Å². The highest BCUT2D eigenvalue weighted by Crippen LogP contribution is 2.30. The number of aryl methyl sites for hydroxylation is 1. The van der Waals surface area contributed by atoms with Gasteiger partial charge in [-0.25, -0.2) is 9.67 Å². The van der Waals surface area contributed by atoms with Gasteiger partial charge in [-0.3, -0.25) is 9.00 Å². The van der Waals surface area contributed by atoms with E-state index in [-0.39, 0.29) is 5.91 Å². The van der Waals surface area contributed by atoms with Gasteiger partial charge in [0.1, 0.15) is 0 Å². The van der Waals surface area contributed by atoms with Crippen molar-refractivity contribution < 1.29 is 9.00 Å². The lowest BCUT2D eigenvalue weighted by molar-refractivity contribution is 0.0951. The Morgan fingerprint density at radius 3 is 2.71 bits per heavy atom. The normalized spacial score (nSPS) is 15.7. The molecule has 0 spiro atoms. The van der Waals surface area contributed by atoms with Crippen molar-refractivity contribution in [2.45, 2.75) is 63.1 Å². The number of rotatable bonds is 7. The van der Waals surface area contributed by atoms with Crippen LogP contribution in [0.5, 0.6) is 0 Å². The highest BCUT2D eigenvalue weighted by molar-refractivity contribution is 7.84. The molecule has 31 heavy (non-hydrogen) atoms. The van der Waals surface area contributed by atoms with Crippen LogP contribution in [-0.2, 0) is 23.9 Å². The quantitative estimate of drug-likeness (QED) is 0.583. The van der Waals surface area contributed by atoms with E-state index in [0.717, 1.165) is 46.6 Å². The van der Waals surface area contributed by atoms with Gasteiger partial charge in [-0.05, 0) is 31.4 Å². The van der Waals surface area contributed by atoms with Crippen LogP contribution in [0.15, 0.2) is 41.6 Å². The minimum atomic E-state index is -1.11. The summed E-state index contributed by atoms with van der Waals surface area (Å²) >= 11 is 0. The zero-order valence-corrected chi connectivity index (χ0v) is 18.9. The van der Waals surface area contributed by atoms with Crippen LogP contribution < -0.4 is 10.6 Å². The SMILES string of the molecule is CCn1ncc2c(NC3CCCCC3)c(C(=O)NCc3ccccc3S(C)=O)cnc21. The van der Waals surface area contributed by atoms with Crippen molar-refractivity contribution in [1.82, 2.24) is 20.1 Å². The minimum absolute atomic E-state index is 0.200. The molecule has 164 valence electrons. The lowest BCUT2D eigenvalue weighted by Crippen LogP contribution is -2.28. The van der Waals surface area contributed by atoms with Crippen LogP contribution in [-0.4, -0.2) is 37.2 Å². The molecule has 1 aliphatic rings. The van der Waals surface area contributed by atoms with Gasteiger partial charge in [0.2, 0.25) is 0 Å². The van der Waals surface area contributed by atoms with E-state index >= 15 is 0 Å². The molecule has 3 aromatic rings.